The monoisotopic (exact) mass is 444 g/mol. The molecule has 0 spiro atoms. The summed E-state index contributed by atoms with van der Waals surface area (Å²) in [5, 5.41) is 23.3. The van der Waals surface area contributed by atoms with E-state index in [0.29, 0.717) is 11.4 Å². The largest absolute Gasteiger partial charge is 0.356 e. The van der Waals surface area contributed by atoms with Crippen molar-refractivity contribution in [3.05, 3.63) is 52.8 Å². The average Bonchev–Trinajstić information content (AvgIpc) is 2.81. The molecule has 0 saturated carbocycles. The Morgan fingerprint density at radius 2 is 1.91 bits per heavy atom. The predicted octanol–water partition coefficient (Wildman–Crippen LogP) is 3.50. The number of benzene rings is 1. The topological polar surface area (TPSA) is 107 Å². The van der Waals surface area contributed by atoms with Gasteiger partial charge < -0.3 is 20.9 Å². The van der Waals surface area contributed by atoms with Crippen LogP contribution >= 0.6 is 0 Å². The summed E-state index contributed by atoms with van der Waals surface area (Å²) >= 11 is 0. The number of rotatable bonds is 5. The van der Waals surface area contributed by atoms with Gasteiger partial charge >= 0.3 is 0 Å². The number of anilines is 2. The lowest BCUT2D eigenvalue weighted by molar-refractivity contribution is 0.137. The van der Waals surface area contributed by atoms with Crippen molar-refractivity contribution in [2.75, 3.05) is 37.4 Å². The maximum Gasteiger partial charge on any atom is 0.158 e. The van der Waals surface area contributed by atoms with Crippen LogP contribution in [0, 0.1) is 25.2 Å². The number of pyridine rings is 1. The standard InChI is InChI=1S/C25H32N8/c1-16-18(14-26)7-6-8-19(16)23(27)29-24-20-13-22(28-15-21(20)17(2)30-31-24)33-11-9-25(3,10-12-33)32(4)5/h6-8,13,15,23H,9-12,27H2,1-5H3,(H,29,31)/t23-/m0/s1. The SMILES string of the molecule is Cc1c(C#N)cccc1[C@@H](N)Nc1nnc(C)c2cnc(N3CCC(C)(N(C)C)CC3)cc12. The van der Waals surface area contributed by atoms with E-state index in [2.05, 4.69) is 58.5 Å². The first-order chi connectivity index (χ1) is 15.7. The molecule has 1 fully saturated rings. The molecule has 33 heavy (non-hydrogen) atoms. The van der Waals surface area contributed by atoms with Crippen LogP contribution in [0.15, 0.2) is 30.5 Å². The van der Waals surface area contributed by atoms with Gasteiger partial charge in [0.05, 0.1) is 17.3 Å². The zero-order chi connectivity index (χ0) is 23.8. The second-order valence-electron chi connectivity index (χ2n) is 9.35. The van der Waals surface area contributed by atoms with E-state index in [1.165, 1.54) is 0 Å². The molecule has 3 heterocycles. The first-order valence-corrected chi connectivity index (χ1v) is 11.3. The molecule has 172 valence electrons. The van der Waals surface area contributed by atoms with Gasteiger partial charge in [0.1, 0.15) is 12.0 Å². The minimum atomic E-state index is -0.522. The highest BCUT2D eigenvalue weighted by Crippen LogP contribution is 2.32. The molecule has 4 rings (SSSR count). The highest BCUT2D eigenvalue weighted by atomic mass is 15.2. The number of nitrogens with two attached hydrogens (primary N) is 1. The lowest BCUT2D eigenvalue weighted by Gasteiger charge is -2.44. The second kappa shape index (κ2) is 8.93. The van der Waals surface area contributed by atoms with Crippen molar-refractivity contribution < 1.29 is 0 Å². The predicted molar refractivity (Wildman–Crippen MR) is 132 cm³/mol. The van der Waals surface area contributed by atoms with Crippen molar-refractivity contribution in [3.63, 3.8) is 0 Å². The van der Waals surface area contributed by atoms with E-state index in [4.69, 9.17) is 10.7 Å². The normalized spacial score (nSPS) is 16.6. The molecule has 0 unspecified atom stereocenters. The van der Waals surface area contributed by atoms with E-state index in [0.717, 1.165) is 59.3 Å². The Morgan fingerprint density at radius 1 is 1.18 bits per heavy atom. The molecule has 1 atom stereocenters. The molecule has 3 aromatic rings. The number of nitriles is 1. The van der Waals surface area contributed by atoms with Crippen molar-refractivity contribution in [2.24, 2.45) is 5.73 Å². The van der Waals surface area contributed by atoms with E-state index in [1.807, 2.05) is 32.2 Å². The van der Waals surface area contributed by atoms with Gasteiger partial charge in [-0.2, -0.15) is 10.4 Å². The van der Waals surface area contributed by atoms with Crippen LogP contribution in [-0.4, -0.2) is 52.8 Å². The molecule has 1 aromatic carbocycles. The molecule has 0 bridgehead atoms. The lowest BCUT2D eigenvalue weighted by Crippen LogP contribution is -2.50. The second-order valence-corrected chi connectivity index (χ2v) is 9.35. The van der Waals surface area contributed by atoms with Crippen molar-refractivity contribution in [1.29, 1.82) is 5.26 Å². The number of hydrogen-bond acceptors (Lipinski definition) is 8. The number of aromatic nitrogens is 3. The minimum Gasteiger partial charge on any atom is -0.356 e. The number of hydrogen-bond donors (Lipinski definition) is 2. The summed E-state index contributed by atoms with van der Waals surface area (Å²) < 4.78 is 0. The number of aryl methyl sites for hydroxylation is 1. The van der Waals surface area contributed by atoms with E-state index < -0.39 is 6.17 Å². The molecular formula is C25H32N8. The van der Waals surface area contributed by atoms with Crippen LogP contribution in [0.3, 0.4) is 0 Å². The van der Waals surface area contributed by atoms with Gasteiger partial charge in [-0.15, -0.1) is 5.10 Å². The van der Waals surface area contributed by atoms with Gasteiger partial charge in [0.15, 0.2) is 5.82 Å². The Balaban J connectivity index is 1.65. The summed E-state index contributed by atoms with van der Waals surface area (Å²) in [5.41, 5.74) is 9.88. The lowest BCUT2D eigenvalue weighted by atomic mass is 9.88. The number of nitrogens with zero attached hydrogens (tertiary/aromatic N) is 6. The number of nitrogens with one attached hydrogen (secondary N) is 1. The summed E-state index contributed by atoms with van der Waals surface area (Å²) in [6.45, 7) is 8.07. The summed E-state index contributed by atoms with van der Waals surface area (Å²) in [6, 6.07) is 9.88. The van der Waals surface area contributed by atoms with Crippen molar-refractivity contribution in [1.82, 2.24) is 20.1 Å². The summed E-state index contributed by atoms with van der Waals surface area (Å²) in [5.74, 6) is 1.55. The molecule has 2 aromatic heterocycles. The van der Waals surface area contributed by atoms with Crippen molar-refractivity contribution in [3.8, 4) is 6.07 Å². The smallest absolute Gasteiger partial charge is 0.158 e. The fourth-order valence-electron chi connectivity index (χ4n) is 4.44. The molecule has 8 nitrogen and oxygen atoms in total. The maximum absolute atomic E-state index is 9.36. The molecule has 0 aliphatic carbocycles. The van der Waals surface area contributed by atoms with Crippen LogP contribution in [0.5, 0.6) is 0 Å². The van der Waals surface area contributed by atoms with Crippen molar-refractivity contribution in [2.45, 2.75) is 45.3 Å². The van der Waals surface area contributed by atoms with Gasteiger partial charge in [0, 0.05) is 35.6 Å². The van der Waals surface area contributed by atoms with Gasteiger partial charge in [0.25, 0.3) is 0 Å². The summed E-state index contributed by atoms with van der Waals surface area (Å²) in [6.07, 6.45) is 3.52. The summed E-state index contributed by atoms with van der Waals surface area (Å²) in [7, 11) is 4.31. The van der Waals surface area contributed by atoms with Gasteiger partial charge in [0.2, 0.25) is 0 Å². The highest BCUT2D eigenvalue weighted by Gasteiger charge is 2.32. The minimum absolute atomic E-state index is 0.213. The zero-order valence-corrected chi connectivity index (χ0v) is 20.1. The third-order valence-corrected chi connectivity index (χ3v) is 7.20. The Kier molecular flexibility index (Phi) is 6.19. The maximum atomic E-state index is 9.36. The molecule has 0 amide bonds. The van der Waals surface area contributed by atoms with E-state index in [1.54, 1.807) is 6.07 Å². The third kappa shape index (κ3) is 4.34. The Bertz CT molecular complexity index is 1200. The molecule has 1 aliphatic rings. The van der Waals surface area contributed by atoms with Gasteiger partial charge in [-0.1, -0.05) is 12.1 Å². The van der Waals surface area contributed by atoms with Crippen LogP contribution < -0.4 is 16.0 Å². The van der Waals surface area contributed by atoms with E-state index >= 15 is 0 Å². The first kappa shape index (κ1) is 22.9. The Morgan fingerprint density at radius 3 is 2.58 bits per heavy atom. The van der Waals surface area contributed by atoms with E-state index in [9.17, 15) is 5.26 Å². The third-order valence-electron chi connectivity index (χ3n) is 7.20. The summed E-state index contributed by atoms with van der Waals surface area (Å²) in [4.78, 5) is 9.41. The first-order valence-electron chi connectivity index (χ1n) is 11.3. The molecule has 1 saturated heterocycles. The number of fused-ring (bicyclic) bond motifs is 1. The molecule has 0 radical (unpaired) electrons. The molecular weight excluding hydrogens is 412 g/mol. The molecule has 3 N–H and O–H groups in total. The van der Waals surface area contributed by atoms with Crippen LogP contribution in [0.1, 0.15) is 48.3 Å². The van der Waals surface area contributed by atoms with Crippen LogP contribution in [-0.2, 0) is 0 Å². The zero-order valence-electron chi connectivity index (χ0n) is 20.1. The number of piperidine rings is 1. The molecule has 8 heteroatoms. The van der Waals surface area contributed by atoms with Gasteiger partial charge in [-0.25, -0.2) is 4.98 Å². The van der Waals surface area contributed by atoms with Gasteiger partial charge in [-0.3, -0.25) is 0 Å². The Hall–Kier alpha value is -3.28. The van der Waals surface area contributed by atoms with Crippen LogP contribution in [0.4, 0.5) is 11.6 Å². The highest BCUT2D eigenvalue weighted by molar-refractivity contribution is 5.94. The molecule has 1 aliphatic heterocycles. The fourth-order valence-corrected chi connectivity index (χ4v) is 4.44. The van der Waals surface area contributed by atoms with Crippen LogP contribution in [0.2, 0.25) is 0 Å². The van der Waals surface area contributed by atoms with Crippen LogP contribution in [0.25, 0.3) is 10.8 Å². The Labute approximate surface area is 195 Å². The van der Waals surface area contributed by atoms with E-state index in [-0.39, 0.29) is 5.54 Å². The quantitative estimate of drug-likeness (QED) is 0.576. The fraction of sp³-hybridized carbons (Fsp3) is 0.440. The average molecular weight is 445 g/mol. The van der Waals surface area contributed by atoms with Gasteiger partial charge in [-0.05, 0) is 71.0 Å². The van der Waals surface area contributed by atoms with Crippen molar-refractivity contribution >= 4 is 22.4 Å².